The van der Waals surface area contributed by atoms with Crippen LogP contribution in [0.15, 0.2) is 0 Å². The van der Waals surface area contributed by atoms with Crippen LogP contribution in [-0.2, 0) is 14.8 Å². The van der Waals surface area contributed by atoms with Crippen molar-refractivity contribution in [2.24, 2.45) is 5.92 Å². The molecule has 1 saturated heterocycles. The second kappa shape index (κ2) is 5.79. The number of aliphatic carboxylic acids is 1. The molecule has 1 aliphatic heterocycles. The first-order chi connectivity index (χ1) is 7.83. The summed E-state index contributed by atoms with van der Waals surface area (Å²) in [6, 6.07) is 0. The molecule has 100 valence electrons. The summed E-state index contributed by atoms with van der Waals surface area (Å²) < 4.78 is 25.0. The summed E-state index contributed by atoms with van der Waals surface area (Å²) in [7, 11) is -3.36. The van der Waals surface area contributed by atoms with Crippen LogP contribution in [0.4, 0.5) is 0 Å². The topological polar surface area (TPSA) is 94.9 Å². The predicted molar refractivity (Wildman–Crippen MR) is 62.0 cm³/mol. The number of sulfonamides is 1. The van der Waals surface area contributed by atoms with Crippen molar-refractivity contribution in [2.75, 3.05) is 18.8 Å². The number of aliphatic hydroxyl groups excluding tert-OH is 1. The van der Waals surface area contributed by atoms with E-state index in [1.807, 2.05) is 0 Å². The molecule has 0 bridgehead atoms. The fraction of sp³-hybridized carbons (Fsp3) is 0.900. The first kappa shape index (κ1) is 14.4. The molecule has 0 aromatic heterocycles. The van der Waals surface area contributed by atoms with E-state index in [1.165, 1.54) is 4.31 Å². The molecule has 0 saturated carbocycles. The molecule has 2 unspecified atom stereocenters. The minimum absolute atomic E-state index is 0.00995. The molecule has 0 aromatic carbocycles. The zero-order chi connectivity index (χ0) is 13.1. The predicted octanol–water partition coefficient (Wildman–Crippen LogP) is -0.116. The second-order valence-electron chi connectivity index (χ2n) is 4.46. The van der Waals surface area contributed by atoms with Gasteiger partial charge in [-0.2, -0.15) is 0 Å². The highest BCUT2D eigenvalue weighted by atomic mass is 32.2. The Hall–Kier alpha value is -0.660. The van der Waals surface area contributed by atoms with E-state index in [-0.39, 0.29) is 24.5 Å². The second-order valence-corrected chi connectivity index (χ2v) is 6.55. The maximum atomic E-state index is 11.8. The number of hydrogen-bond donors (Lipinski definition) is 2. The maximum absolute atomic E-state index is 11.8. The Bertz CT molecular complexity index is 365. The molecular formula is C10H19NO5S. The van der Waals surface area contributed by atoms with Crippen LogP contribution < -0.4 is 0 Å². The van der Waals surface area contributed by atoms with E-state index in [1.54, 1.807) is 6.92 Å². The zero-order valence-corrected chi connectivity index (χ0v) is 10.7. The molecule has 17 heavy (non-hydrogen) atoms. The van der Waals surface area contributed by atoms with E-state index >= 15 is 0 Å². The summed E-state index contributed by atoms with van der Waals surface area (Å²) in [5, 5.41) is 17.8. The van der Waals surface area contributed by atoms with Gasteiger partial charge in [0, 0.05) is 19.5 Å². The lowest BCUT2D eigenvalue weighted by Crippen LogP contribution is -2.32. The molecule has 1 aliphatic rings. The van der Waals surface area contributed by atoms with Crippen LogP contribution in [0.5, 0.6) is 0 Å². The summed E-state index contributed by atoms with van der Waals surface area (Å²) in [4.78, 5) is 10.3. The van der Waals surface area contributed by atoms with E-state index in [0.29, 0.717) is 19.5 Å². The molecular weight excluding hydrogens is 246 g/mol. The monoisotopic (exact) mass is 265 g/mol. The average Bonchev–Trinajstić information content (AvgIpc) is 2.65. The summed E-state index contributed by atoms with van der Waals surface area (Å²) >= 11 is 0. The van der Waals surface area contributed by atoms with Gasteiger partial charge >= 0.3 is 5.97 Å². The van der Waals surface area contributed by atoms with Gasteiger partial charge in [-0.15, -0.1) is 0 Å². The molecule has 6 nitrogen and oxygen atoms in total. The van der Waals surface area contributed by atoms with E-state index < -0.39 is 22.1 Å². The van der Waals surface area contributed by atoms with Gasteiger partial charge in [0.25, 0.3) is 0 Å². The minimum Gasteiger partial charge on any atom is -0.481 e. The van der Waals surface area contributed by atoms with E-state index in [4.69, 9.17) is 5.11 Å². The summed E-state index contributed by atoms with van der Waals surface area (Å²) in [6.07, 6.45) is 0.158. The number of aliphatic hydroxyl groups is 1. The third-order valence-corrected chi connectivity index (χ3v) is 4.98. The first-order valence-corrected chi connectivity index (χ1v) is 7.31. The van der Waals surface area contributed by atoms with Gasteiger partial charge in [-0.1, -0.05) is 0 Å². The number of carboxylic acid groups (broad SMARTS) is 1. The van der Waals surface area contributed by atoms with Crippen LogP contribution in [0.3, 0.4) is 0 Å². The molecule has 0 aromatic rings. The van der Waals surface area contributed by atoms with Gasteiger partial charge in [0.1, 0.15) is 0 Å². The highest BCUT2D eigenvalue weighted by Gasteiger charge is 2.32. The fourth-order valence-corrected chi connectivity index (χ4v) is 3.50. The van der Waals surface area contributed by atoms with E-state index in [9.17, 15) is 18.3 Å². The fourth-order valence-electron chi connectivity index (χ4n) is 1.94. The molecule has 7 heteroatoms. The Morgan fingerprint density at radius 3 is 2.65 bits per heavy atom. The quantitative estimate of drug-likeness (QED) is 0.698. The van der Waals surface area contributed by atoms with Crippen LogP contribution in [-0.4, -0.2) is 53.9 Å². The van der Waals surface area contributed by atoms with Crippen LogP contribution in [0, 0.1) is 5.92 Å². The Balaban J connectivity index is 2.46. The van der Waals surface area contributed by atoms with Crippen molar-refractivity contribution in [3.63, 3.8) is 0 Å². The van der Waals surface area contributed by atoms with Gasteiger partial charge in [-0.3, -0.25) is 4.79 Å². The van der Waals surface area contributed by atoms with E-state index in [0.717, 1.165) is 0 Å². The maximum Gasteiger partial charge on any atom is 0.303 e. The molecule has 2 N–H and O–H groups in total. The van der Waals surface area contributed by atoms with Crippen LogP contribution in [0.1, 0.15) is 26.2 Å². The normalized spacial score (nSPS) is 23.8. The minimum atomic E-state index is -3.36. The first-order valence-electron chi connectivity index (χ1n) is 5.70. The Morgan fingerprint density at radius 1 is 1.53 bits per heavy atom. The highest BCUT2D eigenvalue weighted by Crippen LogP contribution is 2.22. The smallest absolute Gasteiger partial charge is 0.303 e. The number of rotatable bonds is 6. The SMILES string of the molecule is CC(O)C1CCN(S(=O)(=O)CCCC(=O)O)C1. The number of nitrogens with zero attached hydrogens (tertiary/aromatic N) is 1. The van der Waals surface area contributed by atoms with Crippen LogP contribution in [0.25, 0.3) is 0 Å². The molecule has 2 atom stereocenters. The summed E-state index contributed by atoms with van der Waals surface area (Å²) in [5.41, 5.74) is 0. The van der Waals surface area contributed by atoms with Crippen molar-refractivity contribution >= 4 is 16.0 Å². The molecule has 0 aliphatic carbocycles. The van der Waals surface area contributed by atoms with Gasteiger partial charge in [-0.05, 0) is 25.7 Å². The van der Waals surface area contributed by atoms with Crippen molar-refractivity contribution in [3.05, 3.63) is 0 Å². The lowest BCUT2D eigenvalue weighted by Gasteiger charge is -2.17. The van der Waals surface area contributed by atoms with Crippen molar-refractivity contribution in [3.8, 4) is 0 Å². The van der Waals surface area contributed by atoms with Gasteiger partial charge in [0.15, 0.2) is 0 Å². The molecule has 1 fully saturated rings. The Morgan fingerprint density at radius 2 is 2.18 bits per heavy atom. The van der Waals surface area contributed by atoms with Gasteiger partial charge in [-0.25, -0.2) is 12.7 Å². The van der Waals surface area contributed by atoms with Gasteiger partial charge < -0.3 is 10.2 Å². The van der Waals surface area contributed by atoms with Gasteiger partial charge in [0.2, 0.25) is 10.0 Å². The summed E-state index contributed by atoms with van der Waals surface area (Å²) in [6.45, 7) is 2.42. The highest BCUT2D eigenvalue weighted by molar-refractivity contribution is 7.89. The average molecular weight is 265 g/mol. The van der Waals surface area contributed by atoms with Crippen molar-refractivity contribution in [1.29, 1.82) is 0 Å². The van der Waals surface area contributed by atoms with Crippen molar-refractivity contribution < 1.29 is 23.4 Å². The largest absolute Gasteiger partial charge is 0.481 e. The number of carboxylic acids is 1. The standard InChI is InChI=1S/C10H19NO5S/c1-8(12)9-4-5-11(7-9)17(15,16)6-2-3-10(13)14/h8-9,12H,2-7H2,1H3,(H,13,14). The van der Waals surface area contributed by atoms with Crippen LogP contribution >= 0.6 is 0 Å². The molecule has 0 amide bonds. The third-order valence-electron chi connectivity index (χ3n) is 3.06. The Kier molecular flexibility index (Phi) is 4.91. The van der Waals surface area contributed by atoms with E-state index in [2.05, 4.69) is 0 Å². The summed E-state index contributed by atoms with van der Waals surface area (Å²) in [5.74, 6) is -1.13. The Labute approximate surface area is 101 Å². The lowest BCUT2D eigenvalue weighted by molar-refractivity contribution is -0.137. The van der Waals surface area contributed by atoms with Crippen LogP contribution in [0.2, 0.25) is 0 Å². The third kappa shape index (κ3) is 4.25. The van der Waals surface area contributed by atoms with Gasteiger partial charge in [0.05, 0.1) is 11.9 Å². The molecule has 0 radical (unpaired) electrons. The molecule has 1 rings (SSSR count). The van der Waals surface area contributed by atoms with Crippen molar-refractivity contribution in [2.45, 2.75) is 32.3 Å². The number of hydrogen-bond acceptors (Lipinski definition) is 4. The molecule has 1 heterocycles. The molecule has 0 spiro atoms. The number of carbonyl (C=O) groups is 1. The van der Waals surface area contributed by atoms with Crippen molar-refractivity contribution in [1.82, 2.24) is 4.31 Å². The lowest BCUT2D eigenvalue weighted by atomic mass is 10.0. The zero-order valence-electron chi connectivity index (χ0n) is 9.87.